The second kappa shape index (κ2) is 3.63. The summed E-state index contributed by atoms with van der Waals surface area (Å²) in [4.78, 5) is 0.327. The highest BCUT2D eigenvalue weighted by molar-refractivity contribution is 7.90. The first-order valence-electron chi connectivity index (χ1n) is 3.76. The summed E-state index contributed by atoms with van der Waals surface area (Å²) in [6.07, 6.45) is 6.83. The summed E-state index contributed by atoms with van der Waals surface area (Å²) in [7, 11) is -3.09. The fraction of sp³-hybridized carbons (Fsp3) is 0.200. The largest absolute Gasteiger partial charge is 0.224 e. The third kappa shape index (κ3) is 2.60. The van der Waals surface area contributed by atoms with E-state index in [0.29, 0.717) is 11.3 Å². The summed E-state index contributed by atoms with van der Waals surface area (Å²) in [5.41, 5.74) is 0.954. The molecule has 0 amide bonds. The normalized spacial score (nSPS) is 10.8. The van der Waals surface area contributed by atoms with E-state index < -0.39 is 9.84 Å². The van der Waals surface area contributed by atoms with Crippen LogP contribution >= 0.6 is 0 Å². The van der Waals surface area contributed by atoms with Crippen LogP contribution < -0.4 is 0 Å². The van der Waals surface area contributed by atoms with Gasteiger partial charge in [-0.15, -0.1) is 12.3 Å². The van der Waals surface area contributed by atoms with E-state index in [0.717, 1.165) is 5.56 Å². The molecule has 68 valence electrons. The Morgan fingerprint density at radius 3 is 2.23 bits per heavy atom. The van der Waals surface area contributed by atoms with Gasteiger partial charge in [-0.25, -0.2) is 8.42 Å². The van der Waals surface area contributed by atoms with E-state index in [1.165, 1.54) is 6.26 Å². The molecule has 0 radical (unpaired) electrons. The lowest BCUT2D eigenvalue weighted by atomic mass is 10.2. The van der Waals surface area contributed by atoms with Crippen molar-refractivity contribution in [3.63, 3.8) is 0 Å². The zero-order valence-electron chi connectivity index (χ0n) is 7.32. The Morgan fingerprint density at radius 1 is 1.31 bits per heavy atom. The van der Waals surface area contributed by atoms with Crippen molar-refractivity contribution in [1.82, 2.24) is 0 Å². The lowest BCUT2D eigenvalue weighted by Crippen LogP contribution is -1.96. The molecule has 0 saturated heterocycles. The Labute approximate surface area is 78.5 Å². The molecule has 0 unspecified atom stereocenters. The van der Waals surface area contributed by atoms with Gasteiger partial charge in [0.05, 0.1) is 4.90 Å². The molecule has 1 rings (SSSR count). The molecule has 1 aromatic carbocycles. The maximum Gasteiger partial charge on any atom is 0.175 e. The third-order valence-electron chi connectivity index (χ3n) is 1.66. The standard InChI is InChI=1S/C10H10O2S/c1-3-4-9-5-7-10(8-6-9)13(2,11)12/h1,5-8H,4H2,2H3. The van der Waals surface area contributed by atoms with E-state index >= 15 is 0 Å². The van der Waals surface area contributed by atoms with Gasteiger partial charge >= 0.3 is 0 Å². The summed E-state index contributed by atoms with van der Waals surface area (Å²) in [6, 6.07) is 6.61. The van der Waals surface area contributed by atoms with Crippen LogP contribution in [0.1, 0.15) is 5.56 Å². The van der Waals surface area contributed by atoms with Gasteiger partial charge in [0.1, 0.15) is 0 Å². The van der Waals surface area contributed by atoms with Crippen molar-refractivity contribution in [2.75, 3.05) is 6.26 Å². The molecule has 0 aliphatic rings. The Balaban J connectivity index is 3.03. The number of benzene rings is 1. The van der Waals surface area contributed by atoms with Gasteiger partial charge in [-0.05, 0) is 17.7 Å². The van der Waals surface area contributed by atoms with Gasteiger partial charge in [0, 0.05) is 12.7 Å². The van der Waals surface area contributed by atoms with E-state index in [1.54, 1.807) is 24.3 Å². The van der Waals surface area contributed by atoms with E-state index in [9.17, 15) is 8.42 Å². The minimum Gasteiger partial charge on any atom is -0.224 e. The first-order valence-corrected chi connectivity index (χ1v) is 5.65. The maximum absolute atomic E-state index is 11.1. The molecule has 0 fully saturated rings. The van der Waals surface area contributed by atoms with Gasteiger partial charge in [-0.1, -0.05) is 12.1 Å². The molecule has 0 N–H and O–H groups in total. The first-order chi connectivity index (χ1) is 6.04. The predicted molar refractivity (Wildman–Crippen MR) is 52.1 cm³/mol. The Morgan fingerprint density at radius 2 is 1.85 bits per heavy atom. The molecule has 0 atom stereocenters. The number of sulfone groups is 1. The van der Waals surface area contributed by atoms with Crippen molar-refractivity contribution < 1.29 is 8.42 Å². The molecule has 13 heavy (non-hydrogen) atoms. The molecular weight excluding hydrogens is 184 g/mol. The second-order valence-electron chi connectivity index (χ2n) is 2.80. The van der Waals surface area contributed by atoms with Crippen molar-refractivity contribution >= 4 is 9.84 Å². The molecule has 0 heterocycles. The number of hydrogen-bond donors (Lipinski definition) is 0. The van der Waals surface area contributed by atoms with Crippen molar-refractivity contribution in [3.05, 3.63) is 29.8 Å². The van der Waals surface area contributed by atoms with E-state index in [1.807, 2.05) is 0 Å². The van der Waals surface area contributed by atoms with E-state index in [-0.39, 0.29) is 0 Å². The van der Waals surface area contributed by atoms with Gasteiger partial charge < -0.3 is 0 Å². The fourth-order valence-corrected chi connectivity index (χ4v) is 1.60. The topological polar surface area (TPSA) is 34.1 Å². The molecule has 0 aliphatic heterocycles. The SMILES string of the molecule is C#CCc1ccc(S(C)(=O)=O)cc1. The van der Waals surface area contributed by atoms with Crippen LogP contribution in [-0.2, 0) is 16.3 Å². The van der Waals surface area contributed by atoms with Crippen LogP contribution in [0.15, 0.2) is 29.2 Å². The third-order valence-corrected chi connectivity index (χ3v) is 2.79. The van der Waals surface area contributed by atoms with E-state index in [4.69, 9.17) is 6.42 Å². The van der Waals surface area contributed by atoms with Crippen LogP contribution in [0, 0.1) is 12.3 Å². The zero-order valence-corrected chi connectivity index (χ0v) is 8.14. The summed E-state index contributed by atoms with van der Waals surface area (Å²) < 4.78 is 22.1. The fourth-order valence-electron chi connectivity index (χ4n) is 0.972. The Bertz CT molecular complexity index is 421. The highest BCUT2D eigenvalue weighted by Gasteiger charge is 2.05. The van der Waals surface area contributed by atoms with Crippen molar-refractivity contribution in [1.29, 1.82) is 0 Å². The van der Waals surface area contributed by atoms with Crippen molar-refractivity contribution in [2.45, 2.75) is 11.3 Å². The first kappa shape index (κ1) is 9.82. The van der Waals surface area contributed by atoms with Gasteiger partial charge in [0.2, 0.25) is 0 Å². The lowest BCUT2D eigenvalue weighted by Gasteiger charge is -1.98. The summed E-state index contributed by atoms with van der Waals surface area (Å²) in [5.74, 6) is 2.49. The minimum absolute atomic E-state index is 0.327. The van der Waals surface area contributed by atoms with Crippen LogP contribution in [-0.4, -0.2) is 14.7 Å². The molecule has 0 spiro atoms. The highest BCUT2D eigenvalue weighted by Crippen LogP contribution is 2.10. The Hall–Kier alpha value is -1.27. The quantitative estimate of drug-likeness (QED) is 0.664. The highest BCUT2D eigenvalue weighted by atomic mass is 32.2. The lowest BCUT2D eigenvalue weighted by molar-refractivity contribution is 0.602. The average Bonchev–Trinajstić information content (AvgIpc) is 2.04. The van der Waals surface area contributed by atoms with E-state index in [2.05, 4.69) is 5.92 Å². The minimum atomic E-state index is -3.09. The van der Waals surface area contributed by atoms with Crippen molar-refractivity contribution in [2.24, 2.45) is 0 Å². The predicted octanol–water partition coefficient (Wildman–Crippen LogP) is 1.27. The zero-order chi connectivity index (χ0) is 9.90. The summed E-state index contributed by atoms with van der Waals surface area (Å²) >= 11 is 0. The molecule has 0 bridgehead atoms. The van der Waals surface area contributed by atoms with Gasteiger partial charge in [0.25, 0.3) is 0 Å². The summed E-state index contributed by atoms with van der Waals surface area (Å²) in [6.45, 7) is 0. The van der Waals surface area contributed by atoms with Crippen LogP contribution in [0.2, 0.25) is 0 Å². The molecule has 3 heteroatoms. The molecular formula is C10H10O2S. The number of hydrogen-bond acceptors (Lipinski definition) is 2. The molecule has 2 nitrogen and oxygen atoms in total. The van der Waals surface area contributed by atoms with Crippen molar-refractivity contribution in [3.8, 4) is 12.3 Å². The summed E-state index contributed by atoms with van der Waals surface area (Å²) in [5, 5.41) is 0. The Kier molecular flexibility index (Phi) is 2.74. The number of terminal acetylenes is 1. The maximum atomic E-state index is 11.1. The second-order valence-corrected chi connectivity index (χ2v) is 4.81. The average molecular weight is 194 g/mol. The number of rotatable bonds is 2. The van der Waals surface area contributed by atoms with Crippen LogP contribution in [0.25, 0.3) is 0 Å². The van der Waals surface area contributed by atoms with Crippen LogP contribution in [0.5, 0.6) is 0 Å². The van der Waals surface area contributed by atoms with Gasteiger partial charge in [0.15, 0.2) is 9.84 Å². The molecule has 1 aromatic rings. The molecule has 0 aliphatic carbocycles. The molecule has 0 saturated carbocycles. The smallest absolute Gasteiger partial charge is 0.175 e. The van der Waals surface area contributed by atoms with Gasteiger partial charge in [-0.2, -0.15) is 0 Å². The molecule has 0 aromatic heterocycles. The monoisotopic (exact) mass is 194 g/mol. The van der Waals surface area contributed by atoms with Crippen LogP contribution in [0.4, 0.5) is 0 Å². The van der Waals surface area contributed by atoms with Gasteiger partial charge in [-0.3, -0.25) is 0 Å². The van der Waals surface area contributed by atoms with Crippen LogP contribution in [0.3, 0.4) is 0 Å².